The zero-order valence-corrected chi connectivity index (χ0v) is 10.6. The van der Waals surface area contributed by atoms with E-state index in [1.807, 2.05) is 4.57 Å². The van der Waals surface area contributed by atoms with Crippen LogP contribution in [0.25, 0.3) is 0 Å². The smallest absolute Gasteiger partial charge is 0.313 e. The van der Waals surface area contributed by atoms with E-state index in [-0.39, 0.29) is 18.4 Å². The Balaban J connectivity index is 2.18. The third-order valence-electron chi connectivity index (χ3n) is 2.76. The van der Waals surface area contributed by atoms with E-state index in [0.29, 0.717) is 24.2 Å². The standard InChI is InChI=1S/C10H15N3O4S/c14-5-8-11-12-10(18-6-9(15)16)13(8)7-1-3-17-4-2-7/h7,14H,1-6H2,(H,15,16). The summed E-state index contributed by atoms with van der Waals surface area (Å²) in [6, 6.07) is 0.173. The van der Waals surface area contributed by atoms with Gasteiger partial charge in [0.15, 0.2) is 11.0 Å². The number of hydrogen-bond acceptors (Lipinski definition) is 6. The minimum Gasteiger partial charge on any atom is -0.481 e. The van der Waals surface area contributed by atoms with Crippen LogP contribution in [0, 0.1) is 0 Å². The average Bonchev–Trinajstić information content (AvgIpc) is 2.80. The van der Waals surface area contributed by atoms with Gasteiger partial charge in [-0.1, -0.05) is 11.8 Å². The number of aliphatic carboxylic acids is 1. The Morgan fingerprint density at radius 3 is 2.78 bits per heavy atom. The zero-order chi connectivity index (χ0) is 13.0. The number of thioether (sulfide) groups is 1. The van der Waals surface area contributed by atoms with E-state index >= 15 is 0 Å². The van der Waals surface area contributed by atoms with Crippen LogP contribution in [0.4, 0.5) is 0 Å². The molecule has 100 valence electrons. The molecule has 1 fully saturated rings. The summed E-state index contributed by atoms with van der Waals surface area (Å²) >= 11 is 1.12. The van der Waals surface area contributed by atoms with Crippen molar-refractivity contribution in [3.8, 4) is 0 Å². The normalized spacial score (nSPS) is 16.9. The van der Waals surface area contributed by atoms with Crippen molar-refractivity contribution < 1.29 is 19.7 Å². The lowest BCUT2D eigenvalue weighted by atomic mass is 10.1. The minimum absolute atomic E-state index is 0.0627. The Morgan fingerprint density at radius 1 is 1.44 bits per heavy atom. The second-order valence-electron chi connectivity index (χ2n) is 3.95. The molecule has 1 aliphatic heterocycles. The van der Waals surface area contributed by atoms with Crippen LogP contribution < -0.4 is 0 Å². The number of hydrogen-bond donors (Lipinski definition) is 2. The summed E-state index contributed by atoms with van der Waals surface area (Å²) < 4.78 is 7.14. The molecule has 1 aromatic heterocycles. The number of aliphatic hydroxyl groups is 1. The average molecular weight is 273 g/mol. The summed E-state index contributed by atoms with van der Waals surface area (Å²) in [5.74, 6) is -0.478. The van der Waals surface area contributed by atoms with Crippen molar-refractivity contribution in [1.82, 2.24) is 14.8 Å². The zero-order valence-electron chi connectivity index (χ0n) is 9.78. The lowest BCUT2D eigenvalue weighted by Crippen LogP contribution is -2.22. The predicted molar refractivity (Wildman–Crippen MR) is 63.4 cm³/mol. The number of carboxylic acid groups (broad SMARTS) is 1. The molecule has 2 rings (SSSR count). The van der Waals surface area contributed by atoms with Gasteiger partial charge in [-0.3, -0.25) is 4.79 Å². The summed E-state index contributed by atoms with van der Waals surface area (Å²) in [5.41, 5.74) is 0. The molecule has 2 N–H and O–H groups in total. The van der Waals surface area contributed by atoms with Gasteiger partial charge in [-0.05, 0) is 12.8 Å². The monoisotopic (exact) mass is 273 g/mol. The van der Waals surface area contributed by atoms with Crippen LogP contribution in [-0.2, 0) is 16.1 Å². The lowest BCUT2D eigenvalue weighted by molar-refractivity contribution is -0.133. The molecular formula is C10H15N3O4S. The number of ether oxygens (including phenoxy) is 1. The van der Waals surface area contributed by atoms with Crippen LogP contribution in [0.15, 0.2) is 5.16 Å². The van der Waals surface area contributed by atoms with Gasteiger partial charge in [-0.15, -0.1) is 10.2 Å². The molecule has 7 nitrogen and oxygen atoms in total. The summed E-state index contributed by atoms with van der Waals surface area (Å²) in [5, 5.41) is 26.3. The topological polar surface area (TPSA) is 97.5 Å². The third-order valence-corrected chi connectivity index (χ3v) is 3.69. The van der Waals surface area contributed by atoms with Crippen molar-refractivity contribution in [3.05, 3.63) is 5.82 Å². The molecule has 0 aliphatic carbocycles. The van der Waals surface area contributed by atoms with Crippen LogP contribution in [0.1, 0.15) is 24.7 Å². The molecule has 0 saturated carbocycles. The number of nitrogens with zero attached hydrogens (tertiary/aromatic N) is 3. The molecule has 2 heterocycles. The number of aromatic nitrogens is 3. The van der Waals surface area contributed by atoms with Crippen molar-refractivity contribution in [3.63, 3.8) is 0 Å². The Kier molecular flexibility index (Phi) is 4.56. The first-order valence-electron chi connectivity index (χ1n) is 5.69. The van der Waals surface area contributed by atoms with Crippen molar-refractivity contribution in [2.24, 2.45) is 0 Å². The molecule has 0 atom stereocenters. The molecule has 1 aromatic rings. The van der Waals surface area contributed by atoms with Gasteiger partial charge >= 0.3 is 5.97 Å². The van der Waals surface area contributed by atoms with Crippen LogP contribution in [0.3, 0.4) is 0 Å². The Labute approximate surface area is 108 Å². The fourth-order valence-electron chi connectivity index (χ4n) is 1.95. The van der Waals surface area contributed by atoms with E-state index in [9.17, 15) is 9.90 Å². The molecule has 1 aliphatic rings. The maximum absolute atomic E-state index is 10.6. The van der Waals surface area contributed by atoms with E-state index < -0.39 is 5.97 Å². The van der Waals surface area contributed by atoms with E-state index in [1.165, 1.54) is 0 Å². The van der Waals surface area contributed by atoms with Gasteiger partial charge in [-0.25, -0.2) is 0 Å². The summed E-state index contributed by atoms with van der Waals surface area (Å²) in [6.07, 6.45) is 1.65. The number of carbonyl (C=O) groups is 1. The predicted octanol–water partition coefficient (Wildman–Crippen LogP) is 0.299. The van der Waals surface area contributed by atoms with Crippen LogP contribution in [0.5, 0.6) is 0 Å². The molecule has 0 radical (unpaired) electrons. The third kappa shape index (κ3) is 3.01. The summed E-state index contributed by atoms with van der Waals surface area (Å²) in [7, 11) is 0. The molecular weight excluding hydrogens is 258 g/mol. The highest BCUT2D eigenvalue weighted by atomic mass is 32.2. The highest BCUT2D eigenvalue weighted by Crippen LogP contribution is 2.28. The van der Waals surface area contributed by atoms with E-state index in [0.717, 1.165) is 24.6 Å². The van der Waals surface area contributed by atoms with Gasteiger partial charge in [0.25, 0.3) is 0 Å². The van der Waals surface area contributed by atoms with Crippen molar-refractivity contribution in [2.75, 3.05) is 19.0 Å². The first-order chi connectivity index (χ1) is 8.72. The SMILES string of the molecule is O=C(O)CSc1nnc(CO)n1C1CCOCC1. The summed E-state index contributed by atoms with van der Waals surface area (Å²) in [6.45, 7) is 1.13. The largest absolute Gasteiger partial charge is 0.481 e. The summed E-state index contributed by atoms with van der Waals surface area (Å²) in [4.78, 5) is 10.6. The Morgan fingerprint density at radius 2 is 2.17 bits per heavy atom. The Hall–Kier alpha value is -1.12. The maximum Gasteiger partial charge on any atom is 0.313 e. The van der Waals surface area contributed by atoms with Crippen molar-refractivity contribution in [2.45, 2.75) is 30.6 Å². The van der Waals surface area contributed by atoms with Gasteiger partial charge in [0.1, 0.15) is 6.61 Å². The van der Waals surface area contributed by atoms with Crippen molar-refractivity contribution >= 4 is 17.7 Å². The molecule has 0 unspecified atom stereocenters. The first kappa shape index (κ1) is 13.3. The maximum atomic E-state index is 10.6. The fourth-order valence-corrected chi connectivity index (χ4v) is 2.69. The van der Waals surface area contributed by atoms with Gasteiger partial charge < -0.3 is 19.5 Å². The minimum atomic E-state index is -0.896. The van der Waals surface area contributed by atoms with Crippen LogP contribution in [-0.4, -0.2) is 49.9 Å². The molecule has 0 aromatic carbocycles. The first-order valence-corrected chi connectivity index (χ1v) is 6.68. The van der Waals surface area contributed by atoms with E-state index in [4.69, 9.17) is 9.84 Å². The second kappa shape index (κ2) is 6.17. The molecule has 18 heavy (non-hydrogen) atoms. The molecule has 0 spiro atoms. The van der Waals surface area contributed by atoms with Crippen LogP contribution in [0.2, 0.25) is 0 Å². The van der Waals surface area contributed by atoms with Gasteiger partial charge in [0, 0.05) is 19.3 Å². The van der Waals surface area contributed by atoms with Gasteiger partial charge in [-0.2, -0.15) is 0 Å². The Bertz CT molecular complexity index is 417. The molecule has 1 saturated heterocycles. The van der Waals surface area contributed by atoms with E-state index in [1.54, 1.807) is 0 Å². The second-order valence-corrected chi connectivity index (χ2v) is 4.90. The number of carboxylic acids is 1. The quantitative estimate of drug-likeness (QED) is 0.744. The lowest BCUT2D eigenvalue weighted by Gasteiger charge is -2.25. The number of aliphatic hydroxyl groups excluding tert-OH is 1. The molecule has 0 bridgehead atoms. The highest BCUT2D eigenvalue weighted by molar-refractivity contribution is 7.99. The van der Waals surface area contributed by atoms with Crippen LogP contribution >= 0.6 is 11.8 Å². The van der Waals surface area contributed by atoms with Gasteiger partial charge in [0.2, 0.25) is 0 Å². The van der Waals surface area contributed by atoms with Crippen molar-refractivity contribution in [1.29, 1.82) is 0 Å². The highest BCUT2D eigenvalue weighted by Gasteiger charge is 2.23. The number of rotatable bonds is 5. The van der Waals surface area contributed by atoms with E-state index in [2.05, 4.69) is 10.2 Å². The molecule has 0 amide bonds. The fraction of sp³-hybridized carbons (Fsp3) is 0.700. The molecule has 8 heteroatoms. The van der Waals surface area contributed by atoms with Gasteiger partial charge in [0.05, 0.1) is 5.75 Å².